The highest BCUT2D eigenvalue weighted by Gasteiger charge is 2.48. The van der Waals surface area contributed by atoms with Crippen LogP contribution in [0.1, 0.15) is 86.1 Å². The van der Waals surface area contributed by atoms with Crippen LogP contribution in [0.5, 0.6) is 0 Å². The third-order valence-electron chi connectivity index (χ3n) is 15.9. The van der Waals surface area contributed by atoms with Gasteiger partial charge in [0.25, 0.3) is 0 Å². The van der Waals surface area contributed by atoms with Gasteiger partial charge in [0.1, 0.15) is 0 Å². The molecule has 2 nitrogen and oxygen atoms in total. The summed E-state index contributed by atoms with van der Waals surface area (Å²) in [4.78, 5) is 5.03. The molecule has 75 heavy (non-hydrogen) atoms. The van der Waals surface area contributed by atoms with Crippen molar-refractivity contribution < 1.29 is 0 Å². The first-order valence-corrected chi connectivity index (χ1v) is 34.1. The highest BCUT2D eigenvalue weighted by Crippen LogP contribution is 2.61. The number of hydrogen-bond acceptors (Lipinski definition) is 2. The molecule has 378 valence electrons. The maximum atomic E-state index is 2.59. The lowest BCUT2D eigenvalue weighted by atomic mass is 9.67. The van der Waals surface area contributed by atoms with Gasteiger partial charge < -0.3 is 9.80 Å². The number of aryl methyl sites for hydroxylation is 1. The van der Waals surface area contributed by atoms with Crippen molar-refractivity contribution in [3.63, 3.8) is 0 Å². The van der Waals surface area contributed by atoms with Crippen molar-refractivity contribution in [3.8, 4) is 22.3 Å². The lowest BCUT2D eigenvalue weighted by molar-refractivity contribution is 0.590. The molecule has 9 aromatic rings. The van der Waals surface area contributed by atoms with Crippen LogP contribution in [0.15, 0.2) is 206 Å². The van der Waals surface area contributed by atoms with E-state index in [1.165, 1.54) is 77.1 Å². The van der Waals surface area contributed by atoms with Crippen LogP contribution in [0.2, 0.25) is 39.3 Å². The average Bonchev–Trinajstić information content (AvgIpc) is 3.67. The van der Waals surface area contributed by atoms with Crippen LogP contribution >= 0.6 is 0 Å². The Morgan fingerprint density at radius 1 is 0.360 bits per heavy atom. The maximum absolute atomic E-state index is 2.59. The number of fused-ring (bicyclic) bond motifs is 3. The van der Waals surface area contributed by atoms with E-state index in [1.54, 1.807) is 0 Å². The molecule has 0 saturated carbocycles. The van der Waals surface area contributed by atoms with Gasteiger partial charge in [-0.1, -0.05) is 231 Å². The summed E-state index contributed by atoms with van der Waals surface area (Å²) in [5.74, 6) is 0. The summed E-state index contributed by atoms with van der Waals surface area (Å²) in [5.41, 5.74) is 21.4. The molecule has 4 heteroatoms. The minimum Gasteiger partial charge on any atom is -0.310 e. The molecule has 0 bridgehead atoms. The van der Waals surface area contributed by atoms with E-state index in [4.69, 9.17) is 0 Å². The Bertz CT molecular complexity index is 3340. The molecule has 0 saturated heterocycles. The zero-order chi connectivity index (χ0) is 53.2. The zero-order valence-corrected chi connectivity index (χ0v) is 49.0. The molecule has 0 amide bonds. The summed E-state index contributed by atoms with van der Waals surface area (Å²) in [6, 6.07) is 79.2. The van der Waals surface area contributed by atoms with Crippen molar-refractivity contribution in [1.82, 2.24) is 0 Å². The number of nitrogens with zero attached hydrogens (tertiary/aromatic N) is 2. The predicted molar refractivity (Wildman–Crippen MR) is 331 cm³/mol. The molecule has 0 aliphatic heterocycles. The Morgan fingerprint density at radius 2 is 0.760 bits per heavy atom. The monoisotopic (exact) mass is 1010 g/mol. The molecule has 9 aromatic carbocycles. The van der Waals surface area contributed by atoms with Crippen molar-refractivity contribution >= 4 is 60.6 Å². The Kier molecular flexibility index (Phi) is 13.3. The summed E-state index contributed by atoms with van der Waals surface area (Å²) in [6.07, 6.45) is 0. The van der Waals surface area contributed by atoms with Gasteiger partial charge in [-0.15, -0.1) is 0 Å². The first-order valence-electron chi connectivity index (χ1n) is 27.1. The fourth-order valence-electron chi connectivity index (χ4n) is 11.6. The van der Waals surface area contributed by atoms with Crippen LogP contribution in [0, 0.1) is 13.8 Å². The van der Waals surface area contributed by atoms with E-state index in [0.29, 0.717) is 0 Å². The molecule has 0 unspecified atom stereocenters. The molecular weight excluding hydrogens is 937 g/mol. The van der Waals surface area contributed by atoms with Crippen molar-refractivity contribution in [2.75, 3.05) is 9.80 Å². The van der Waals surface area contributed by atoms with Gasteiger partial charge >= 0.3 is 0 Å². The van der Waals surface area contributed by atoms with Crippen LogP contribution in [0.25, 0.3) is 22.3 Å². The van der Waals surface area contributed by atoms with Crippen molar-refractivity contribution in [3.05, 3.63) is 251 Å². The third-order valence-corrected chi connectivity index (χ3v) is 20.1. The summed E-state index contributed by atoms with van der Waals surface area (Å²) in [7, 11) is -3.16. The van der Waals surface area contributed by atoms with Crippen LogP contribution in [-0.2, 0) is 16.2 Å². The van der Waals surface area contributed by atoms with E-state index in [9.17, 15) is 0 Å². The lowest BCUT2D eigenvalue weighted by Crippen LogP contribution is -2.37. The minimum atomic E-state index is -1.60. The number of rotatable bonds is 11. The first-order chi connectivity index (χ1) is 35.6. The standard InChI is InChI=1S/C71H76N2Si2/c1-49-23-21-22-28-62(49)68-50(2)67-63-46-41-59(72(55-33-29-51(30-34-55)69(3,4)5)56-37-42-60(43-38-56)74(9,10)11)47-64(63)71(53-24-17-15-18-25-53,54-26-19-16-20-27-54)65(67)48-66(68)73(57-35-31-52(32-36-57)70(6,7)8)58-39-44-61(45-40-58)75(12,13)14/h15-48H,1-14H3. The fraction of sp³-hybridized carbons (Fsp3) is 0.239. The molecule has 0 spiro atoms. The molecule has 0 aromatic heterocycles. The quantitative estimate of drug-likeness (QED) is 0.119. The number of hydrogen-bond donors (Lipinski definition) is 0. The van der Waals surface area contributed by atoms with Gasteiger partial charge in [-0.05, 0) is 153 Å². The second-order valence-corrected chi connectivity index (χ2v) is 35.4. The van der Waals surface area contributed by atoms with Crippen LogP contribution in [0.4, 0.5) is 34.1 Å². The van der Waals surface area contributed by atoms with Gasteiger partial charge in [0, 0.05) is 34.0 Å². The second-order valence-electron chi connectivity index (χ2n) is 25.2. The Labute approximate surface area is 451 Å². The molecule has 0 atom stereocenters. The molecular formula is C71H76N2Si2. The summed E-state index contributed by atoms with van der Waals surface area (Å²) >= 11 is 0. The summed E-state index contributed by atoms with van der Waals surface area (Å²) in [6.45, 7) is 33.1. The molecule has 0 heterocycles. The Morgan fingerprint density at radius 3 is 1.19 bits per heavy atom. The van der Waals surface area contributed by atoms with Gasteiger partial charge in [-0.2, -0.15) is 0 Å². The van der Waals surface area contributed by atoms with Crippen molar-refractivity contribution in [1.29, 1.82) is 0 Å². The van der Waals surface area contributed by atoms with Gasteiger partial charge in [0.2, 0.25) is 0 Å². The Hall–Kier alpha value is -6.99. The van der Waals surface area contributed by atoms with E-state index in [1.807, 2.05) is 0 Å². The van der Waals surface area contributed by atoms with Gasteiger partial charge in [-0.3, -0.25) is 0 Å². The first kappa shape index (κ1) is 51.5. The molecule has 10 rings (SSSR count). The van der Waals surface area contributed by atoms with Gasteiger partial charge in [0.15, 0.2) is 0 Å². The lowest BCUT2D eigenvalue weighted by Gasteiger charge is -2.37. The number of benzene rings is 9. The highest BCUT2D eigenvalue weighted by atomic mass is 28.3. The largest absolute Gasteiger partial charge is 0.310 e. The Balaban J connectivity index is 1.32. The molecule has 1 aliphatic rings. The summed E-state index contributed by atoms with van der Waals surface area (Å²) in [5, 5.41) is 2.90. The fourth-order valence-corrected chi connectivity index (χ4v) is 14.0. The maximum Gasteiger partial charge on any atom is 0.0775 e. The molecule has 0 radical (unpaired) electrons. The topological polar surface area (TPSA) is 6.48 Å². The van der Waals surface area contributed by atoms with Crippen LogP contribution in [0.3, 0.4) is 0 Å². The van der Waals surface area contributed by atoms with E-state index in [-0.39, 0.29) is 10.8 Å². The van der Waals surface area contributed by atoms with E-state index in [0.717, 1.165) is 34.1 Å². The highest BCUT2D eigenvalue weighted by molar-refractivity contribution is 6.89. The SMILES string of the molecule is Cc1ccccc1-c1c(N(c2ccc(C(C)(C)C)cc2)c2ccc([Si](C)(C)C)cc2)cc2c(c1C)-c1ccc(N(c3ccc(C(C)(C)C)cc3)c3ccc([Si](C)(C)C)cc3)cc1C2(c1ccccc1)c1ccccc1. The average molecular weight is 1010 g/mol. The molecule has 1 aliphatic carbocycles. The van der Waals surface area contributed by atoms with E-state index < -0.39 is 21.6 Å². The second kappa shape index (κ2) is 19.3. The number of anilines is 6. The normalized spacial score (nSPS) is 13.3. The van der Waals surface area contributed by atoms with Gasteiger partial charge in [0.05, 0.1) is 27.3 Å². The van der Waals surface area contributed by atoms with E-state index in [2.05, 4.69) is 311 Å². The predicted octanol–water partition coefficient (Wildman–Crippen LogP) is 19.0. The molecule has 0 N–H and O–H groups in total. The third kappa shape index (κ3) is 9.46. The van der Waals surface area contributed by atoms with Gasteiger partial charge in [-0.25, -0.2) is 0 Å². The van der Waals surface area contributed by atoms with Crippen LogP contribution in [-0.4, -0.2) is 16.1 Å². The minimum absolute atomic E-state index is 0.0112. The van der Waals surface area contributed by atoms with Crippen LogP contribution < -0.4 is 20.2 Å². The molecule has 0 fully saturated rings. The smallest absolute Gasteiger partial charge is 0.0775 e. The summed E-state index contributed by atoms with van der Waals surface area (Å²) < 4.78 is 0. The van der Waals surface area contributed by atoms with E-state index >= 15 is 0 Å². The van der Waals surface area contributed by atoms with Crippen molar-refractivity contribution in [2.45, 2.75) is 111 Å². The van der Waals surface area contributed by atoms with Crippen molar-refractivity contribution in [2.24, 2.45) is 0 Å². The zero-order valence-electron chi connectivity index (χ0n) is 47.0.